The van der Waals surface area contributed by atoms with E-state index >= 15 is 0 Å². The summed E-state index contributed by atoms with van der Waals surface area (Å²) in [4.78, 5) is 27.2. The standard InChI is InChI=1S/C23H26N2O4/c1-16-4-3-5-20(17(16)2)24-21(26)18-6-8-19(9-7-18)22(27)25-12-10-23(11-13-25)28-14-15-29-23/h3-9H,10-15H2,1-2H3,(H,24,26). The van der Waals surface area contributed by atoms with Crippen molar-refractivity contribution in [3.63, 3.8) is 0 Å². The van der Waals surface area contributed by atoms with E-state index in [0.29, 0.717) is 50.3 Å². The van der Waals surface area contributed by atoms with Crippen LogP contribution in [-0.2, 0) is 9.47 Å². The first-order chi connectivity index (χ1) is 14.0. The molecule has 29 heavy (non-hydrogen) atoms. The quantitative estimate of drug-likeness (QED) is 0.865. The normalized spacial score (nSPS) is 18.1. The second-order valence-electron chi connectivity index (χ2n) is 7.68. The molecule has 4 rings (SSSR count). The topological polar surface area (TPSA) is 67.9 Å². The molecule has 0 atom stereocenters. The van der Waals surface area contributed by atoms with Gasteiger partial charge in [0.15, 0.2) is 5.79 Å². The highest BCUT2D eigenvalue weighted by Crippen LogP contribution is 2.31. The van der Waals surface area contributed by atoms with Crippen LogP contribution in [0.3, 0.4) is 0 Å². The number of hydrogen-bond acceptors (Lipinski definition) is 4. The molecule has 6 nitrogen and oxygen atoms in total. The zero-order chi connectivity index (χ0) is 20.4. The highest BCUT2D eigenvalue weighted by atomic mass is 16.7. The van der Waals surface area contributed by atoms with Crippen molar-refractivity contribution in [2.24, 2.45) is 0 Å². The lowest BCUT2D eigenvalue weighted by Crippen LogP contribution is -2.47. The van der Waals surface area contributed by atoms with Crippen molar-refractivity contribution in [2.75, 3.05) is 31.6 Å². The summed E-state index contributed by atoms with van der Waals surface area (Å²) in [5.41, 5.74) is 4.07. The highest BCUT2D eigenvalue weighted by molar-refractivity contribution is 6.05. The van der Waals surface area contributed by atoms with E-state index < -0.39 is 5.79 Å². The van der Waals surface area contributed by atoms with E-state index in [1.807, 2.05) is 36.9 Å². The Bertz CT molecular complexity index is 907. The molecule has 0 unspecified atom stereocenters. The lowest BCUT2D eigenvalue weighted by Gasteiger charge is -2.37. The van der Waals surface area contributed by atoms with Gasteiger partial charge in [0, 0.05) is 42.7 Å². The van der Waals surface area contributed by atoms with Crippen LogP contribution >= 0.6 is 0 Å². The number of anilines is 1. The van der Waals surface area contributed by atoms with Gasteiger partial charge in [-0.25, -0.2) is 0 Å². The number of carbonyl (C=O) groups excluding carboxylic acids is 2. The van der Waals surface area contributed by atoms with Crippen molar-refractivity contribution in [1.29, 1.82) is 0 Å². The minimum atomic E-state index is -0.493. The molecule has 2 amide bonds. The minimum absolute atomic E-state index is 0.0284. The third kappa shape index (κ3) is 4.04. The molecule has 1 spiro atoms. The van der Waals surface area contributed by atoms with Crippen LogP contribution in [-0.4, -0.2) is 48.8 Å². The van der Waals surface area contributed by atoms with E-state index in [1.54, 1.807) is 24.3 Å². The molecule has 2 aromatic rings. The largest absolute Gasteiger partial charge is 0.347 e. The van der Waals surface area contributed by atoms with Crippen LogP contribution in [0.1, 0.15) is 44.7 Å². The third-order valence-corrected chi connectivity index (χ3v) is 5.87. The molecule has 152 valence electrons. The van der Waals surface area contributed by atoms with E-state index in [-0.39, 0.29) is 11.8 Å². The molecule has 2 fully saturated rings. The predicted molar refractivity (Wildman–Crippen MR) is 110 cm³/mol. The SMILES string of the molecule is Cc1cccc(NC(=O)c2ccc(C(=O)N3CCC4(CC3)OCCO4)cc2)c1C. The maximum atomic E-state index is 12.8. The summed E-state index contributed by atoms with van der Waals surface area (Å²) in [6.07, 6.45) is 1.38. The molecule has 0 aliphatic carbocycles. The number of ether oxygens (including phenoxy) is 2. The maximum Gasteiger partial charge on any atom is 0.255 e. The smallest absolute Gasteiger partial charge is 0.255 e. The van der Waals surface area contributed by atoms with Gasteiger partial charge in [0.05, 0.1) is 13.2 Å². The first-order valence-electron chi connectivity index (χ1n) is 10.0. The van der Waals surface area contributed by atoms with Gasteiger partial charge in [0.1, 0.15) is 0 Å². The summed E-state index contributed by atoms with van der Waals surface area (Å²) in [5.74, 6) is -0.709. The molecule has 0 aromatic heterocycles. The molecule has 2 saturated heterocycles. The Morgan fingerprint density at radius 3 is 2.21 bits per heavy atom. The lowest BCUT2D eigenvalue weighted by molar-refractivity contribution is -0.181. The number of amides is 2. The third-order valence-electron chi connectivity index (χ3n) is 5.87. The molecule has 6 heteroatoms. The van der Waals surface area contributed by atoms with Gasteiger partial charge in [-0.2, -0.15) is 0 Å². The van der Waals surface area contributed by atoms with Crippen molar-refractivity contribution in [2.45, 2.75) is 32.5 Å². The monoisotopic (exact) mass is 394 g/mol. The van der Waals surface area contributed by atoms with Crippen molar-refractivity contribution in [1.82, 2.24) is 4.90 Å². The molecule has 2 heterocycles. The van der Waals surface area contributed by atoms with Crippen LogP contribution in [0.25, 0.3) is 0 Å². The first kappa shape index (κ1) is 19.6. The van der Waals surface area contributed by atoms with Crippen molar-refractivity contribution < 1.29 is 19.1 Å². The average Bonchev–Trinajstić information content (AvgIpc) is 3.19. The number of aryl methyl sites for hydroxylation is 1. The molecule has 1 N–H and O–H groups in total. The Morgan fingerprint density at radius 2 is 1.55 bits per heavy atom. The van der Waals surface area contributed by atoms with E-state index in [1.165, 1.54) is 0 Å². The number of rotatable bonds is 3. The van der Waals surface area contributed by atoms with Crippen LogP contribution in [0.15, 0.2) is 42.5 Å². The van der Waals surface area contributed by atoms with Gasteiger partial charge in [-0.1, -0.05) is 12.1 Å². The molecular weight excluding hydrogens is 368 g/mol. The Kier molecular flexibility index (Phi) is 5.39. The van der Waals surface area contributed by atoms with Crippen LogP contribution in [0, 0.1) is 13.8 Å². The Hall–Kier alpha value is -2.70. The first-order valence-corrected chi connectivity index (χ1v) is 10.0. The van der Waals surface area contributed by atoms with E-state index in [4.69, 9.17) is 9.47 Å². The highest BCUT2D eigenvalue weighted by Gasteiger charge is 2.40. The van der Waals surface area contributed by atoms with Crippen molar-refractivity contribution in [3.05, 3.63) is 64.7 Å². The summed E-state index contributed by atoms with van der Waals surface area (Å²) < 4.78 is 11.4. The predicted octanol–water partition coefficient (Wildman–Crippen LogP) is 3.53. The summed E-state index contributed by atoms with van der Waals surface area (Å²) >= 11 is 0. The zero-order valence-electron chi connectivity index (χ0n) is 16.9. The summed E-state index contributed by atoms with van der Waals surface area (Å²) in [5, 5.41) is 2.95. The van der Waals surface area contributed by atoms with Gasteiger partial charge in [0.25, 0.3) is 11.8 Å². The average molecular weight is 394 g/mol. The Labute approximate surface area is 170 Å². The second kappa shape index (κ2) is 7.97. The van der Waals surface area contributed by atoms with Gasteiger partial charge in [-0.05, 0) is 55.3 Å². The number of carbonyl (C=O) groups is 2. The number of hydrogen-bond donors (Lipinski definition) is 1. The van der Waals surface area contributed by atoms with E-state index in [2.05, 4.69) is 5.32 Å². The van der Waals surface area contributed by atoms with Crippen molar-refractivity contribution in [3.8, 4) is 0 Å². The van der Waals surface area contributed by atoms with E-state index in [9.17, 15) is 9.59 Å². The Balaban J connectivity index is 1.39. The van der Waals surface area contributed by atoms with Gasteiger partial charge < -0.3 is 19.7 Å². The minimum Gasteiger partial charge on any atom is -0.347 e. The fraction of sp³-hybridized carbons (Fsp3) is 0.391. The molecule has 0 bridgehead atoms. The summed E-state index contributed by atoms with van der Waals surface area (Å²) in [6.45, 7) is 6.45. The number of benzene rings is 2. The number of piperidine rings is 1. The second-order valence-corrected chi connectivity index (χ2v) is 7.68. The van der Waals surface area contributed by atoms with Crippen LogP contribution in [0.5, 0.6) is 0 Å². The molecule has 2 aliphatic heterocycles. The number of nitrogens with one attached hydrogen (secondary N) is 1. The summed E-state index contributed by atoms with van der Waals surface area (Å²) in [7, 11) is 0. The molecular formula is C23H26N2O4. The molecule has 2 aromatic carbocycles. The molecule has 0 radical (unpaired) electrons. The van der Waals surface area contributed by atoms with Gasteiger partial charge in [-0.3, -0.25) is 9.59 Å². The zero-order valence-corrected chi connectivity index (χ0v) is 16.9. The van der Waals surface area contributed by atoms with Gasteiger partial charge in [-0.15, -0.1) is 0 Å². The fourth-order valence-corrected chi connectivity index (χ4v) is 3.86. The van der Waals surface area contributed by atoms with Gasteiger partial charge in [0.2, 0.25) is 0 Å². The van der Waals surface area contributed by atoms with E-state index in [0.717, 1.165) is 16.8 Å². The molecule has 2 aliphatic rings. The Morgan fingerprint density at radius 1 is 0.931 bits per heavy atom. The van der Waals surface area contributed by atoms with Gasteiger partial charge >= 0.3 is 0 Å². The summed E-state index contributed by atoms with van der Waals surface area (Å²) in [6, 6.07) is 12.6. The van der Waals surface area contributed by atoms with Crippen LogP contribution < -0.4 is 5.32 Å². The number of nitrogens with zero attached hydrogens (tertiary/aromatic N) is 1. The lowest BCUT2D eigenvalue weighted by atomic mass is 10.0. The fourth-order valence-electron chi connectivity index (χ4n) is 3.86. The van der Waals surface area contributed by atoms with Crippen LogP contribution in [0.2, 0.25) is 0 Å². The molecule has 0 saturated carbocycles. The number of likely N-dealkylation sites (tertiary alicyclic amines) is 1. The van der Waals surface area contributed by atoms with Crippen molar-refractivity contribution >= 4 is 17.5 Å². The maximum absolute atomic E-state index is 12.8. The van der Waals surface area contributed by atoms with Crippen LogP contribution in [0.4, 0.5) is 5.69 Å².